The van der Waals surface area contributed by atoms with Gasteiger partial charge < -0.3 is 10.2 Å². The summed E-state index contributed by atoms with van der Waals surface area (Å²) in [7, 11) is 0. The van der Waals surface area contributed by atoms with Crippen molar-refractivity contribution in [2.24, 2.45) is 0 Å². The molecule has 3 rings (SSSR count). The van der Waals surface area contributed by atoms with Gasteiger partial charge in [-0.2, -0.15) is 0 Å². The van der Waals surface area contributed by atoms with E-state index >= 15 is 0 Å². The molecule has 0 saturated carbocycles. The van der Waals surface area contributed by atoms with Gasteiger partial charge in [0.2, 0.25) is 5.91 Å². The number of para-hydroxylation sites is 1. The van der Waals surface area contributed by atoms with Crippen LogP contribution in [0.3, 0.4) is 0 Å². The van der Waals surface area contributed by atoms with Gasteiger partial charge in [-0.15, -0.1) is 0 Å². The van der Waals surface area contributed by atoms with E-state index in [1.165, 1.54) is 11.1 Å². The minimum atomic E-state index is 0.130. The van der Waals surface area contributed by atoms with Gasteiger partial charge in [-0.05, 0) is 62.4 Å². The van der Waals surface area contributed by atoms with Crippen LogP contribution in [0.4, 0.5) is 11.4 Å². The lowest BCUT2D eigenvalue weighted by Crippen LogP contribution is -2.44. The van der Waals surface area contributed by atoms with Crippen molar-refractivity contribution in [3.05, 3.63) is 59.2 Å². The van der Waals surface area contributed by atoms with Gasteiger partial charge >= 0.3 is 0 Å². The van der Waals surface area contributed by atoms with Crippen LogP contribution in [-0.4, -0.2) is 18.5 Å². The van der Waals surface area contributed by atoms with Gasteiger partial charge in [-0.25, -0.2) is 0 Å². The first-order valence-electron chi connectivity index (χ1n) is 8.27. The Hall–Kier alpha value is -2.29. The lowest BCUT2D eigenvalue weighted by atomic mass is 9.96. The molecule has 0 aromatic heterocycles. The molecule has 0 radical (unpaired) electrons. The van der Waals surface area contributed by atoms with Crippen molar-refractivity contribution >= 4 is 17.3 Å². The Morgan fingerprint density at radius 3 is 2.83 bits per heavy atom. The Balaban J connectivity index is 1.77. The van der Waals surface area contributed by atoms with Crippen LogP contribution < -0.4 is 10.2 Å². The minimum Gasteiger partial charge on any atom is -0.376 e. The summed E-state index contributed by atoms with van der Waals surface area (Å²) in [4.78, 5) is 14.8. The molecule has 0 spiro atoms. The van der Waals surface area contributed by atoms with E-state index in [4.69, 9.17) is 0 Å². The monoisotopic (exact) mass is 308 g/mol. The second-order valence-corrected chi connectivity index (χ2v) is 6.45. The van der Waals surface area contributed by atoms with Crippen LogP contribution in [0, 0.1) is 13.8 Å². The number of carbonyl (C=O) groups is 1. The second kappa shape index (κ2) is 6.45. The smallest absolute Gasteiger partial charge is 0.246 e. The molecule has 2 aromatic rings. The van der Waals surface area contributed by atoms with E-state index in [-0.39, 0.29) is 11.9 Å². The molecule has 23 heavy (non-hydrogen) atoms. The summed E-state index contributed by atoms with van der Waals surface area (Å²) in [6.45, 7) is 6.58. The number of hydrogen-bond donors (Lipinski definition) is 1. The highest BCUT2D eigenvalue weighted by molar-refractivity contribution is 5.97. The molecule has 0 fully saturated rings. The average Bonchev–Trinajstić information content (AvgIpc) is 2.55. The normalized spacial score (nSPS) is 16.8. The third-order valence-corrected chi connectivity index (χ3v) is 4.62. The number of nitrogens with zero attached hydrogens (tertiary/aromatic N) is 1. The predicted molar refractivity (Wildman–Crippen MR) is 96.1 cm³/mol. The molecular weight excluding hydrogens is 284 g/mol. The molecule has 3 nitrogen and oxygen atoms in total. The summed E-state index contributed by atoms with van der Waals surface area (Å²) in [5.74, 6) is 0.130. The third kappa shape index (κ3) is 3.24. The van der Waals surface area contributed by atoms with Crippen molar-refractivity contribution in [2.75, 3.05) is 16.8 Å². The van der Waals surface area contributed by atoms with Gasteiger partial charge in [0.1, 0.15) is 0 Å². The zero-order valence-corrected chi connectivity index (χ0v) is 14.1. The fourth-order valence-electron chi connectivity index (χ4n) is 3.25. The van der Waals surface area contributed by atoms with E-state index in [1.807, 2.05) is 17.0 Å². The summed E-state index contributed by atoms with van der Waals surface area (Å²) >= 11 is 0. The van der Waals surface area contributed by atoms with Crippen molar-refractivity contribution < 1.29 is 4.79 Å². The number of nitrogens with one attached hydrogen (secondary N) is 1. The molecule has 1 N–H and O–H groups in total. The highest BCUT2D eigenvalue weighted by atomic mass is 16.2. The Bertz CT molecular complexity index is 723. The van der Waals surface area contributed by atoms with E-state index < -0.39 is 0 Å². The van der Waals surface area contributed by atoms with Crippen molar-refractivity contribution in [2.45, 2.75) is 39.7 Å². The first kappa shape index (κ1) is 15.6. The Kier molecular flexibility index (Phi) is 4.37. The maximum absolute atomic E-state index is 12.8. The van der Waals surface area contributed by atoms with Crippen LogP contribution in [-0.2, 0) is 11.2 Å². The largest absolute Gasteiger partial charge is 0.376 e. The molecule has 1 aliphatic heterocycles. The molecule has 120 valence electrons. The Morgan fingerprint density at radius 1 is 1.22 bits per heavy atom. The van der Waals surface area contributed by atoms with E-state index in [9.17, 15) is 4.79 Å². The third-order valence-electron chi connectivity index (χ3n) is 4.62. The lowest BCUT2D eigenvalue weighted by molar-refractivity contribution is -0.117. The molecule has 0 aliphatic carbocycles. The van der Waals surface area contributed by atoms with Gasteiger partial charge in [0.05, 0.1) is 6.54 Å². The molecular formula is C20H24N2O. The van der Waals surface area contributed by atoms with Crippen molar-refractivity contribution in [3.63, 3.8) is 0 Å². The molecule has 1 atom stereocenters. The fourth-order valence-corrected chi connectivity index (χ4v) is 3.25. The van der Waals surface area contributed by atoms with Crippen molar-refractivity contribution in [3.8, 4) is 0 Å². The van der Waals surface area contributed by atoms with Crippen LogP contribution in [0.2, 0.25) is 0 Å². The predicted octanol–water partition coefficient (Wildman–Crippen LogP) is 4.08. The second-order valence-electron chi connectivity index (χ2n) is 6.45. The molecule has 2 aromatic carbocycles. The number of anilines is 2. The minimum absolute atomic E-state index is 0.130. The van der Waals surface area contributed by atoms with Gasteiger partial charge in [-0.3, -0.25) is 4.79 Å². The lowest BCUT2D eigenvalue weighted by Gasteiger charge is -2.35. The van der Waals surface area contributed by atoms with Gasteiger partial charge in [0.15, 0.2) is 0 Å². The van der Waals surface area contributed by atoms with Crippen LogP contribution in [0.25, 0.3) is 0 Å². The van der Waals surface area contributed by atoms with Crippen LogP contribution in [0.1, 0.15) is 30.0 Å². The number of fused-ring (bicyclic) bond motifs is 1. The fraction of sp³-hybridized carbons (Fsp3) is 0.350. The first-order valence-corrected chi connectivity index (χ1v) is 8.27. The van der Waals surface area contributed by atoms with E-state index in [0.717, 1.165) is 29.8 Å². The molecule has 1 unspecified atom stereocenters. The quantitative estimate of drug-likeness (QED) is 0.926. The Morgan fingerprint density at radius 2 is 2.00 bits per heavy atom. The molecule has 1 amide bonds. The maximum Gasteiger partial charge on any atom is 0.246 e. The zero-order valence-electron chi connectivity index (χ0n) is 14.1. The van der Waals surface area contributed by atoms with Crippen molar-refractivity contribution in [1.82, 2.24) is 0 Å². The van der Waals surface area contributed by atoms with E-state index in [1.54, 1.807) is 0 Å². The van der Waals surface area contributed by atoms with E-state index in [0.29, 0.717) is 6.54 Å². The summed E-state index contributed by atoms with van der Waals surface area (Å²) in [6.07, 6.45) is 2.07. The molecule has 3 heteroatoms. The topological polar surface area (TPSA) is 32.3 Å². The molecule has 1 heterocycles. The SMILES string of the molecule is Cc1ccc(C)c(NCC(=O)N2c3ccccc3CCC2C)c1. The number of rotatable bonds is 3. The highest BCUT2D eigenvalue weighted by Gasteiger charge is 2.27. The number of aryl methyl sites for hydroxylation is 3. The number of benzene rings is 2. The first-order chi connectivity index (χ1) is 11.1. The van der Waals surface area contributed by atoms with Crippen molar-refractivity contribution in [1.29, 1.82) is 0 Å². The Labute approximate surface area is 138 Å². The maximum atomic E-state index is 12.8. The van der Waals surface area contributed by atoms with Crippen LogP contribution >= 0.6 is 0 Å². The van der Waals surface area contributed by atoms with Gasteiger partial charge in [0.25, 0.3) is 0 Å². The zero-order chi connectivity index (χ0) is 16.4. The summed E-state index contributed by atoms with van der Waals surface area (Å²) < 4.78 is 0. The number of hydrogen-bond acceptors (Lipinski definition) is 2. The van der Waals surface area contributed by atoms with Crippen LogP contribution in [0.15, 0.2) is 42.5 Å². The van der Waals surface area contributed by atoms with Gasteiger partial charge in [-0.1, -0.05) is 30.3 Å². The standard InChI is InChI=1S/C20H24N2O/c1-14-8-9-15(2)18(12-14)21-13-20(23)22-16(3)10-11-17-6-4-5-7-19(17)22/h4-9,12,16,21H,10-11,13H2,1-3H3. The highest BCUT2D eigenvalue weighted by Crippen LogP contribution is 2.30. The summed E-state index contributed by atoms with van der Waals surface area (Å²) in [6, 6.07) is 14.8. The molecule has 0 saturated heterocycles. The molecule has 0 bridgehead atoms. The van der Waals surface area contributed by atoms with E-state index in [2.05, 4.69) is 56.4 Å². The molecule has 1 aliphatic rings. The number of amides is 1. The van der Waals surface area contributed by atoms with Gasteiger partial charge in [0, 0.05) is 17.4 Å². The summed E-state index contributed by atoms with van der Waals surface area (Å²) in [5.41, 5.74) is 5.73. The summed E-state index contributed by atoms with van der Waals surface area (Å²) in [5, 5.41) is 3.31. The average molecular weight is 308 g/mol. The van der Waals surface area contributed by atoms with Crippen LogP contribution in [0.5, 0.6) is 0 Å². The number of carbonyl (C=O) groups excluding carboxylic acids is 1.